The molecule has 0 saturated carbocycles. The summed E-state index contributed by atoms with van der Waals surface area (Å²) < 4.78 is 9.76. The zero-order valence-corrected chi connectivity index (χ0v) is 10.8. The smallest absolute Gasteiger partial charge is 0.345 e. The Labute approximate surface area is 112 Å². The van der Waals surface area contributed by atoms with E-state index in [1.165, 1.54) is 6.92 Å². The Morgan fingerprint density at radius 1 is 1.21 bits per heavy atom. The standard InChI is InChI=1S/C15H16O4/c1-3-14(11-19-12(2)16)15(17)18-10-9-13-7-5-4-6-8-13/h4-8H,1,9-11H2,2H3. The number of carbonyl (C=O) groups is 2. The first-order valence-corrected chi connectivity index (χ1v) is 5.87. The maximum atomic E-state index is 11.6. The number of rotatable bonds is 6. The van der Waals surface area contributed by atoms with Gasteiger partial charge in [0, 0.05) is 13.3 Å². The minimum atomic E-state index is -0.563. The Morgan fingerprint density at radius 2 is 1.89 bits per heavy atom. The van der Waals surface area contributed by atoms with Crippen molar-refractivity contribution in [2.24, 2.45) is 0 Å². The zero-order valence-electron chi connectivity index (χ0n) is 10.8. The van der Waals surface area contributed by atoms with Crippen molar-refractivity contribution in [2.45, 2.75) is 13.3 Å². The third-order valence-electron chi connectivity index (χ3n) is 2.35. The van der Waals surface area contributed by atoms with E-state index in [2.05, 4.69) is 12.3 Å². The quantitative estimate of drug-likeness (QED) is 0.446. The lowest BCUT2D eigenvalue weighted by Gasteiger charge is -2.06. The van der Waals surface area contributed by atoms with Crippen LogP contribution < -0.4 is 0 Å². The Kier molecular flexibility index (Phi) is 6.13. The van der Waals surface area contributed by atoms with Gasteiger partial charge in [-0.25, -0.2) is 4.79 Å². The predicted molar refractivity (Wildman–Crippen MR) is 70.4 cm³/mol. The maximum absolute atomic E-state index is 11.6. The Hall–Kier alpha value is -2.32. The minimum absolute atomic E-state index is 0.114. The minimum Gasteiger partial charge on any atom is -0.461 e. The molecule has 0 unspecified atom stereocenters. The van der Waals surface area contributed by atoms with Crippen molar-refractivity contribution >= 4 is 11.9 Å². The molecule has 4 heteroatoms. The van der Waals surface area contributed by atoms with Crippen LogP contribution in [0.5, 0.6) is 0 Å². The van der Waals surface area contributed by atoms with E-state index in [0.29, 0.717) is 6.42 Å². The lowest BCUT2D eigenvalue weighted by atomic mass is 10.2. The molecule has 100 valence electrons. The fraction of sp³-hybridized carbons (Fsp3) is 0.267. The molecule has 0 bridgehead atoms. The van der Waals surface area contributed by atoms with Gasteiger partial charge in [0.25, 0.3) is 0 Å². The summed E-state index contributed by atoms with van der Waals surface area (Å²) in [6.45, 7) is 4.73. The monoisotopic (exact) mass is 260 g/mol. The van der Waals surface area contributed by atoms with Crippen LogP contribution in [0.1, 0.15) is 12.5 Å². The molecule has 0 heterocycles. The molecular weight excluding hydrogens is 244 g/mol. The molecule has 0 saturated heterocycles. The first-order chi connectivity index (χ1) is 9.13. The van der Waals surface area contributed by atoms with Gasteiger partial charge < -0.3 is 9.47 Å². The third-order valence-corrected chi connectivity index (χ3v) is 2.35. The summed E-state index contributed by atoms with van der Waals surface area (Å²) in [5, 5.41) is 0. The van der Waals surface area contributed by atoms with Crippen LogP contribution in [0.3, 0.4) is 0 Å². The summed E-state index contributed by atoms with van der Waals surface area (Å²) in [5.41, 5.74) is 3.62. The molecule has 1 aromatic carbocycles. The molecule has 0 aliphatic heterocycles. The highest BCUT2D eigenvalue weighted by Gasteiger charge is 2.11. The highest BCUT2D eigenvalue weighted by molar-refractivity contribution is 5.88. The van der Waals surface area contributed by atoms with Gasteiger partial charge >= 0.3 is 11.9 Å². The van der Waals surface area contributed by atoms with Crippen molar-refractivity contribution in [3.63, 3.8) is 0 Å². The van der Waals surface area contributed by atoms with E-state index in [-0.39, 0.29) is 18.8 Å². The van der Waals surface area contributed by atoms with Gasteiger partial charge in [0.1, 0.15) is 12.2 Å². The average Bonchev–Trinajstić information content (AvgIpc) is 2.40. The fourth-order valence-electron chi connectivity index (χ4n) is 1.35. The van der Waals surface area contributed by atoms with Crippen molar-refractivity contribution in [1.82, 2.24) is 0 Å². The summed E-state index contributed by atoms with van der Waals surface area (Å²) in [7, 11) is 0. The predicted octanol–water partition coefficient (Wildman–Crippen LogP) is 2.05. The van der Waals surface area contributed by atoms with Gasteiger partial charge in [-0.05, 0) is 5.56 Å². The Bertz CT molecular complexity index is 484. The van der Waals surface area contributed by atoms with Gasteiger partial charge in [0.15, 0.2) is 0 Å². The van der Waals surface area contributed by atoms with E-state index in [4.69, 9.17) is 9.47 Å². The van der Waals surface area contributed by atoms with E-state index in [9.17, 15) is 9.59 Å². The molecule has 0 aliphatic rings. The molecule has 0 amide bonds. The van der Waals surface area contributed by atoms with Gasteiger partial charge in [0.2, 0.25) is 0 Å². The van der Waals surface area contributed by atoms with Crippen LogP contribution in [0, 0.1) is 0 Å². The molecule has 0 N–H and O–H groups in total. The molecular formula is C15H16O4. The maximum Gasteiger partial charge on any atom is 0.345 e. The molecule has 0 atom stereocenters. The number of hydrogen-bond donors (Lipinski definition) is 0. The van der Waals surface area contributed by atoms with Gasteiger partial charge in [-0.1, -0.05) is 36.9 Å². The number of ether oxygens (including phenoxy) is 2. The molecule has 0 aromatic heterocycles. The van der Waals surface area contributed by atoms with Crippen LogP contribution >= 0.6 is 0 Å². The largest absolute Gasteiger partial charge is 0.461 e. The van der Waals surface area contributed by atoms with E-state index >= 15 is 0 Å². The molecule has 4 nitrogen and oxygen atoms in total. The van der Waals surface area contributed by atoms with Crippen molar-refractivity contribution in [2.75, 3.05) is 13.2 Å². The molecule has 1 rings (SSSR count). The summed E-state index contributed by atoms with van der Waals surface area (Å²) in [4.78, 5) is 22.3. The molecule has 0 radical (unpaired) electrons. The van der Waals surface area contributed by atoms with Gasteiger partial charge in [-0.2, -0.15) is 0 Å². The normalized spacial score (nSPS) is 9.32. The second-order valence-corrected chi connectivity index (χ2v) is 3.81. The van der Waals surface area contributed by atoms with E-state index in [1.807, 2.05) is 30.3 Å². The first-order valence-electron chi connectivity index (χ1n) is 5.87. The number of carbonyl (C=O) groups excluding carboxylic acids is 2. The van der Waals surface area contributed by atoms with Crippen LogP contribution in [0.15, 0.2) is 48.2 Å². The second-order valence-electron chi connectivity index (χ2n) is 3.81. The summed E-state index contributed by atoms with van der Waals surface area (Å²) in [6.07, 6.45) is 0.630. The summed E-state index contributed by atoms with van der Waals surface area (Å²) in [6, 6.07) is 9.68. The van der Waals surface area contributed by atoms with Crippen molar-refractivity contribution in [3.8, 4) is 0 Å². The topological polar surface area (TPSA) is 52.6 Å². The average molecular weight is 260 g/mol. The Balaban J connectivity index is 2.37. The zero-order chi connectivity index (χ0) is 14.1. The molecule has 0 aliphatic carbocycles. The van der Waals surface area contributed by atoms with Crippen LogP contribution in [0.2, 0.25) is 0 Å². The molecule has 19 heavy (non-hydrogen) atoms. The number of hydrogen-bond acceptors (Lipinski definition) is 4. The van der Waals surface area contributed by atoms with Crippen LogP contribution in [-0.2, 0) is 25.5 Å². The first kappa shape index (κ1) is 14.7. The van der Waals surface area contributed by atoms with Crippen molar-refractivity contribution in [3.05, 3.63) is 53.8 Å². The Morgan fingerprint density at radius 3 is 2.47 bits per heavy atom. The summed E-state index contributed by atoms with van der Waals surface area (Å²) >= 11 is 0. The van der Waals surface area contributed by atoms with Crippen molar-refractivity contribution < 1.29 is 19.1 Å². The van der Waals surface area contributed by atoms with Crippen molar-refractivity contribution in [1.29, 1.82) is 0 Å². The lowest BCUT2D eigenvalue weighted by Crippen LogP contribution is -2.15. The lowest BCUT2D eigenvalue weighted by molar-refractivity contribution is -0.143. The number of benzene rings is 1. The highest BCUT2D eigenvalue weighted by Crippen LogP contribution is 2.02. The fourth-order valence-corrected chi connectivity index (χ4v) is 1.35. The number of esters is 2. The van der Waals surface area contributed by atoms with Gasteiger partial charge in [0.05, 0.1) is 6.61 Å². The van der Waals surface area contributed by atoms with Gasteiger partial charge in [-0.3, -0.25) is 4.79 Å². The molecule has 0 spiro atoms. The van der Waals surface area contributed by atoms with E-state index in [1.54, 1.807) is 0 Å². The SMILES string of the molecule is C=C=C(COC(C)=O)C(=O)OCCc1ccccc1. The molecule has 0 fully saturated rings. The van der Waals surface area contributed by atoms with Crippen LogP contribution in [-0.4, -0.2) is 25.2 Å². The third kappa shape index (κ3) is 5.70. The van der Waals surface area contributed by atoms with E-state index < -0.39 is 11.9 Å². The molecule has 1 aromatic rings. The second kappa shape index (κ2) is 7.90. The van der Waals surface area contributed by atoms with Crippen LogP contribution in [0.4, 0.5) is 0 Å². The highest BCUT2D eigenvalue weighted by atomic mass is 16.5. The summed E-state index contributed by atoms with van der Waals surface area (Å²) in [5.74, 6) is -1.03. The van der Waals surface area contributed by atoms with Gasteiger partial charge in [-0.15, -0.1) is 5.73 Å². The van der Waals surface area contributed by atoms with E-state index in [0.717, 1.165) is 5.56 Å². The van der Waals surface area contributed by atoms with Crippen LogP contribution in [0.25, 0.3) is 0 Å².